The summed E-state index contributed by atoms with van der Waals surface area (Å²) in [5.41, 5.74) is 3.48. The second-order valence-electron chi connectivity index (χ2n) is 8.22. The molecule has 5 nitrogen and oxygen atoms in total. The van der Waals surface area contributed by atoms with Gasteiger partial charge in [0, 0.05) is 42.2 Å². The summed E-state index contributed by atoms with van der Waals surface area (Å²) >= 11 is 0. The van der Waals surface area contributed by atoms with Crippen LogP contribution in [0.4, 0.5) is 0 Å². The van der Waals surface area contributed by atoms with Crippen molar-refractivity contribution in [2.24, 2.45) is 5.92 Å². The zero-order chi connectivity index (χ0) is 20.7. The first-order valence-corrected chi connectivity index (χ1v) is 10.4. The summed E-state index contributed by atoms with van der Waals surface area (Å²) in [5.74, 6) is 0.176. The Bertz CT molecular complexity index is 1140. The predicted molar refractivity (Wildman–Crippen MR) is 115 cm³/mol. The molecule has 0 saturated carbocycles. The van der Waals surface area contributed by atoms with Crippen molar-refractivity contribution in [1.82, 2.24) is 9.47 Å². The van der Waals surface area contributed by atoms with Crippen LogP contribution in [-0.4, -0.2) is 40.2 Å². The maximum absolute atomic E-state index is 13.6. The Morgan fingerprint density at radius 1 is 0.933 bits per heavy atom. The Labute approximate surface area is 175 Å². The van der Waals surface area contributed by atoms with E-state index in [1.54, 1.807) is 16.7 Å². The third-order valence-corrected chi connectivity index (χ3v) is 6.51. The van der Waals surface area contributed by atoms with Crippen molar-refractivity contribution >= 4 is 5.91 Å². The van der Waals surface area contributed by atoms with E-state index in [1.807, 2.05) is 65.6 Å². The summed E-state index contributed by atoms with van der Waals surface area (Å²) in [7, 11) is 0. The molecule has 3 heterocycles. The van der Waals surface area contributed by atoms with Crippen molar-refractivity contribution in [3.05, 3.63) is 94.4 Å². The van der Waals surface area contributed by atoms with Crippen LogP contribution in [0.15, 0.2) is 77.6 Å². The summed E-state index contributed by atoms with van der Waals surface area (Å²) < 4.78 is 1.75. The van der Waals surface area contributed by atoms with Gasteiger partial charge in [0.1, 0.15) is 0 Å². The summed E-state index contributed by atoms with van der Waals surface area (Å²) in [6, 6.07) is 22.7. The van der Waals surface area contributed by atoms with E-state index in [9.17, 15) is 14.7 Å². The molecule has 2 aliphatic heterocycles. The summed E-state index contributed by atoms with van der Waals surface area (Å²) in [5, 5.41) is 10.0. The molecule has 2 aliphatic rings. The fraction of sp³-hybridized carbons (Fsp3) is 0.280. The molecule has 2 aromatic carbocycles. The molecule has 1 fully saturated rings. The first-order chi connectivity index (χ1) is 14.7. The number of amides is 1. The lowest BCUT2D eigenvalue weighted by Gasteiger charge is -2.46. The number of carbonyl (C=O) groups excluding carboxylic acids is 1. The summed E-state index contributed by atoms with van der Waals surface area (Å²) in [4.78, 5) is 28.0. The van der Waals surface area contributed by atoms with Gasteiger partial charge in [-0.15, -0.1) is 0 Å². The molecule has 0 radical (unpaired) electrons. The molecular weight excluding hydrogens is 376 g/mol. The topological polar surface area (TPSA) is 62.5 Å². The van der Waals surface area contributed by atoms with Crippen LogP contribution in [0, 0.1) is 5.92 Å². The molecule has 3 atom stereocenters. The Kier molecular flexibility index (Phi) is 4.75. The molecule has 2 bridgehead atoms. The number of aliphatic hydroxyl groups is 1. The van der Waals surface area contributed by atoms with E-state index >= 15 is 0 Å². The Hall–Kier alpha value is -3.18. The van der Waals surface area contributed by atoms with Gasteiger partial charge in [0.2, 0.25) is 0 Å². The van der Waals surface area contributed by atoms with Gasteiger partial charge < -0.3 is 14.6 Å². The molecule has 30 heavy (non-hydrogen) atoms. The first kappa shape index (κ1) is 18.8. The maximum atomic E-state index is 13.6. The average molecular weight is 400 g/mol. The van der Waals surface area contributed by atoms with Crippen molar-refractivity contribution in [3.63, 3.8) is 0 Å². The quantitative estimate of drug-likeness (QED) is 0.734. The maximum Gasteiger partial charge on any atom is 0.254 e. The lowest BCUT2D eigenvalue weighted by molar-refractivity contribution is 0.0438. The minimum atomic E-state index is -0.287. The van der Waals surface area contributed by atoms with Crippen molar-refractivity contribution in [2.45, 2.75) is 18.4 Å². The van der Waals surface area contributed by atoms with Gasteiger partial charge in [-0.1, -0.05) is 54.6 Å². The molecule has 0 unspecified atom stereocenters. The number of benzene rings is 2. The van der Waals surface area contributed by atoms with Gasteiger partial charge in [0.25, 0.3) is 11.5 Å². The van der Waals surface area contributed by atoms with E-state index in [0.29, 0.717) is 18.7 Å². The molecular formula is C25H24N2O3. The lowest BCUT2D eigenvalue weighted by atomic mass is 9.78. The zero-order valence-corrected chi connectivity index (χ0v) is 16.6. The molecule has 0 spiro atoms. The Balaban J connectivity index is 1.51. The molecule has 1 amide bonds. The van der Waals surface area contributed by atoms with E-state index in [1.165, 1.54) is 0 Å². The number of fused-ring (bicyclic) bond motifs is 4. The number of nitrogens with zero attached hydrogens (tertiary/aromatic N) is 2. The second kappa shape index (κ2) is 7.58. The van der Waals surface area contributed by atoms with Gasteiger partial charge in [0.15, 0.2) is 0 Å². The monoisotopic (exact) mass is 400 g/mol. The van der Waals surface area contributed by atoms with E-state index in [2.05, 4.69) is 0 Å². The van der Waals surface area contributed by atoms with Crippen molar-refractivity contribution < 1.29 is 9.90 Å². The first-order valence-electron chi connectivity index (χ1n) is 10.4. The highest BCUT2D eigenvalue weighted by Gasteiger charge is 2.41. The number of carbonyl (C=O) groups is 1. The van der Waals surface area contributed by atoms with Gasteiger partial charge in [-0.25, -0.2) is 0 Å². The number of rotatable bonds is 3. The minimum absolute atomic E-state index is 0.00701. The van der Waals surface area contributed by atoms with Crippen LogP contribution in [0.1, 0.15) is 34.4 Å². The number of hydrogen-bond donors (Lipinski definition) is 1. The number of pyridine rings is 1. The van der Waals surface area contributed by atoms with Crippen LogP contribution in [0.25, 0.3) is 11.1 Å². The second-order valence-corrected chi connectivity index (χ2v) is 8.22. The number of aliphatic hydroxyl groups excluding tert-OH is 1. The van der Waals surface area contributed by atoms with E-state index in [4.69, 9.17) is 0 Å². The van der Waals surface area contributed by atoms with Gasteiger partial charge in [-0.05, 0) is 29.7 Å². The van der Waals surface area contributed by atoms with Gasteiger partial charge in [-0.3, -0.25) is 9.59 Å². The fourth-order valence-electron chi connectivity index (χ4n) is 5.15. The van der Waals surface area contributed by atoms with Crippen LogP contribution in [-0.2, 0) is 0 Å². The van der Waals surface area contributed by atoms with Gasteiger partial charge in [-0.2, -0.15) is 0 Å². The highest BCUT2D eigenvalue weighted by Crippen LogP contribution is 2.41. The van der Waals surface area contributed by atoms with Gasteiger partial charge in [0.05, 0.1) is 12.6 Å². The molecule has 5 heteroatoms. The Morgan fingerprint density at radius 2 is 1.70 bits per heavy atom. The number of piperidine rings is 1. The zero-order valence-electron chi connectivity index (χ0n) is 16.6. The number of aromatic nitrogens is 1. The summed E-state index contributed by atoms with van der Waals surface area (Å²) in [6.07, 6.45) is 0.888. The smallest absolute Gasteiger partial charge is 0.254 e. The third kappa shape index (κ3) is 3.06. The number of likely N-dealkylation sites (tertiary alicyclic amines) is 1. The van der Waals surface area contributed by atoms with E-state index in [0.717, 1.165) is 23.2 Å². The normalized spacial score (nSPS) is 22.4. The molecule has 0 aliphatic carbocycles. The van der Waals surface area contributed by atoms with Crippen molar-refractivity contribution in [2.75, 3.05) is 19.7 Å². The van der Waals surface area contributed by atoms with Crippen molar-refractivity contribution in [3.8, 4) is 11.1 Å². The SMILES string of the molecule is O=C(c1ccccc1-c1ccccc1)N1C[C@H]2C[C@@H](C1)[C@H](CO)n1c2cccc1=O. The molecule has 3 aromatic rings. The van der Waals surface area contributed by atoms with E-state index < -0.39 is 0 Å². The Morgan fingerprint density at radius 3 is 2.50 bits per heavy atom. The predicted octanol–water partition coefficient (Wildman–Crippen LogP) is 3.31. The third-order valence-electron chi connectivity index (χ3n) is 6.51. The van der Waals surface area contributed by atoms with Gasteiger partial charge >= 0.3 is 0 Å². The molecule has 1 N–H and O–H groups in total. The molecule has 1 saturated heterocycles. The number of hydrogen-bond acceptors (Lipinski definition) is 3. The molecule has 5 rings (SSSR count). The van der Waals surface area contributed by atoms with Crippen molar-refractivity contribution in [1.29, 1.82) is 0 Å². The van der Waals surface area contributed by atoms with Crippen LogP contribution >= 0.6 is 0 Å². The van der Waals surface area contributed by atoms with Crippen LogP contribution in [0.3, 0.4) is 0 Å². The molecule has 1 aromatic heterocycles. The average Bonchev–Trinajstić information content (AvgIpc) is 2.80. The fourth-order valence-corrected chi connectivity index (χ4v) is 5.15. The van der Waals surface area contributed by atoms with Crippen LogP contribution < -0.4 is 5.56 Å². The highest BCUT2D eigenvalue weighted by molar-refractivity contribution is 6.01. The standard InChI is InChI=1S/C25H24N2O3/c28-16-23-19-13-18(22-11-6-12-24(29)27(22)23)14-26(15-19)25(30)21-10-5-4-9-20(21)17-7-2-1-3-8-17/h1-12,18-19,23,28H,13-16H2/t18-,19+,23+/m1/s1. The summed E-state index contributed by atoms with van der Waals surface area (Å²) in [6.45, 7) is 1.03. The van der Waals surface area contributed by atoms with E-state index in [-0.39, 0.29) is 36.0 Å². The minimum Gasteiger partial charge on any atom is -0.394 e. The van der Waals surface area contributed by atoms with Crippen LogP contribution in [0.2, 0.25) is 0 Å². The largest absolute Gasteiger partial charge is 0.394 e. The molecule has 152 valence electrons. The lowest BCUT2D eigenvalue weighted by Crippen LogP contribution is -2.51. The highest BCUT2D eigenvalue weighted by atomic mass is 16.3. The van der Waals surface area contributed by atoms with Crippen LogP contribution in [0.5, 0.6) is 0 Å².